The Labute approximate surface area is 128 Å². The molecule has 0 saturated carbocycles. The van der Waals surface area contributed by atoms with Crippen LogP contribution in [0.1, 0.15) is 45.3 Å². The Hall–Kier alpha value is -0.980. The zero-order valence-corrected chi connectivity index (χ0v) is 13.6. The molecular formula is C15H23N3O2S. The summed E-state index contributed by atoms with van der Waals surface area (Å²) in [5, 5.41) is 3.36. The van der Waals surface area contributed by atoms with Crippen molar-refractivity contribution in [1.29, 1.82) is 0 Å². The zero-order valence-electron chi connectivity index (χ0n) is 12.8. The molecule has 3 heterocycles. The molecule has 2 aliphatic rings. The predicted molar refractivity (Wildman–Crippen MR) is 83.5 cm³/mol. The third-order valence-corrected chi connectivity index (χ3v) is 5.71. The van der Waals surface area contributed by atoms with Gasteiger partial charge in [-0.25, -0.2) is 8.93 Å². The van der Waals surface area contributed by atoms with Gasteiger partial charge in [-0.05, 0) is 46.0 Å². The molecule has 2 aliphatic heterocycles. The van der Waals surface area contributed by atoms with E-state index in [1.54, 1.807) is 6.20 Å². The lowest BCUT2D eigenvalue weighted by Crippen LogP contribution is -2.53. The quantitative estimate of drug-likeness (QED) is 0.872. The van der Waals surface area contributed by atoms with E-state index < -0.39 is 11.0 Å². The van der Waals surface area contributed by atoms with Gasteiger partial charge in [0.25, 0.3) is 0 Å². The van der Waals surface area contributed by atoms with Gasteiger partial charge in [-0.1, -0.05) is 0 Å². The highest BCUT2D eigenvalue weighted by atomic mass is 32.2. The maximum atomic E-state index is 12.6. The molecule has 0 radical (unpaired) electrons. The topological polar surface area (TPSA) is 63.2 Å². The van der Waals surface area contributed by atoms with E-state index in [0.29, 0.717) is 0 Å². The highest BCUT2D eigenvalue weighted by molar-refractivity contribution is 7.84. The van der Waals surface area contributed by atoms with Gasteiger partial charge in [0.2, 0.25) is 0 Å². The van der Waals surface area contributed by atoms with E-state index in [0.717, 1.165) is 37.4 Å². The molecule has 0 aromatic carbocycles. The van der Waals surface area contributed by atoms with Crippen LogP contribution in [0.2, 0.25) is 0 Å². The van der Waals surface area contributed by atoms with E-state index in [1.807, 2.05) is 32.9 Å². The Kier molecular flexibility index (Phi) is 3.80. The summed E-state index contributed by atoms with van der Waals surface area (Å²) in [6.45, 7) is 7.74. The van der Waals surface area contributed by atoms with E-state index in [-0.39, 0.29) is 16.4 Å². The largest absolute Gasteiger partial charge is 0.483 e. The molecule has 0 amide bonds. The summed E-state index contributed by atoms with van der Waals surface area (Å²) in [7, 11) is -1.15. The molecule has 1 saturated heterocycles. The Morgan fingerprint density at radius 3 is 2.81 bits per heavy atom. The molecule has 0 unspecified atom stereocenters. The van der Waals surface area contributed by atoms with Gasteiger partial charge < -0.3 is 10.1 Å². The van der Waals surface area contributed by atoms with Gasteiger partial charge in [-0.15, -0.1) is 0 Å². The van der Waals surface area contributed by atoms with Crippen molar-refractivity contribution in [1.82, 2.24) is 15.0 Å². The van der Waals surface area contributed by atoms with Crippen LogP contribution in [0.15, 0.2) is 18.3 Å². The normalized spacial score (nSPS) is 25.4. The van der Waals surface area contributed by atoms with Crippen molar-refractivity contribution in [3.8, 4) is 5.75 Å². The van der Waals surface area contributed by atoms with E-state index >= 15 is 0 Å². The summed E-state index contributed by atoms with van der Waals surface area (Å²) in [5.74, 6) is 0.822. The first-order valence-corrected chi connectivity index (χ1v) is 8.60. The number of rotatable bonds is 2. The van der Waals surface area contributed by atoms with Crippen LogP contribution < -0.4 is 14.8 Å². The number of hydrogen-bond acceptors (Lipinski definition) is 4. The third-order valence-electron chi connectivity index (χ3n) is 4.14. The molecule has 6 heteroatoms. The average molecular weight is 309 g/mol. The zero-order chi connectivity index (χ0) is 15.1. The third kappa shape index (κ3) is 2.72. The summed E-state index contributed by atoms with van der Waals surface area (Å²) in [4.78, 5) is 4.48. The van der Waals surface area contributed by atoms with Crippen molar-refractivity contribution < 1.29 is 8.95 Å². The minimum absolute atomic E-state index is 0.115. The number of aromatic nitrogens is 1. The van der Waals surface area contributed by atoms with E-state index in [9.17, 15) is 4.21 Å². The van der Waals surface area contributed by atoms with Crippen LogP contribution in [0.3, 0.4) is 0 Å². The maximum absolute atomic E-state index is 12.6. The van der Waals surface area contributed by atoms with Crippen LogP contribution in [0, 0.1) is 0 Å². The van der Waals surface area contributed by atoms with E-state index in [1.165, 1.54) is 0 Å². The van der Waals surface area contributed by atoms with E-state index in [4.69, 9.17) is 4.74 Å². The summed E-state index contributed by atoms with van der Waals surface area (Å²) in [6.07, 6.45) is 3.56. The Balaban J connectivity index is 1.94. The van der Waals surface area contributed by atoms with Crippen molar-refractivity contribution >= 4 is 11.0 Å². The van der Waals surface area contributed by atoms with Gasteiger partial charge in [0.05, 0.1) is 15.7 Å². The fraction of sp³-hybridized carbons (Fsp3) is 0.667. The lowest BCUT2D eigenvalue weighted by molar-refractivity contribution is 0.0321. The first-order chi connectivity index (χ1) is 9.92. The molecule has 1 aromatic heterocycles. The summed E-state index contributed by atoms with van der Waals surface area (Å²) < 4.78 is 21.8. The van der Waals surface area contributed by atoms with Crippen molar-refractivity contribution in [3.63, 3.8) is 0 Å². The molecule has 1 fully saturated rings. The van der Waals surface area contributed by atoms with Crippen LogP contribution >= 0.6 is 0 Å². The SMILES string of the molecule is CC(C)(C)[S@@](=O)N[C@@H]1c2ncccc2OC12CCNCC2. The van der Waals surface area contributed by atoms with Crippen LogP contribution in [-0.4, -0.2) is 32.6 Å². The lowest BCUT2D eigenvalue weighted by Gasteiger charge is -2.38. The molecule has 0 bridgehead atoms. The number of piperidine rings is 1. The minimum Gasteiger partial charge on any atom is -0.483 e. The monoisotopic (exact) mass is 309 g/mol. The van der Waals surface area contributed by atoms with Crippen molar-refractivity contribution in [2.24, 2.45) is 0 Å². The Bertz CT molecular complexity index is 550. The van der Waals surface area contributed by atoms with Crippen LogP contribution in [-0.2, 0) is 11.0 Å². The second kappa shape index (κ2) is 5.34. The highest BCUT2D eigenvalue weighted by Crippen LogP contribution is 2.46. The predicted octanol–water partition coefficient (Wildman–Crippen LogP) is 1.69. The second-order valence-corrected chi connectivity index (χ2v) is 8.73. The van der Waals surface area contributed by atoms with Gasteiger partial charge in [-0.2, -0.15) is 0 Å². The van der Waals surface area contributed by atoms with Crippen LogP contribution in [0.5, 0.6) is 5.75 Å². The smallest absolute Gasteiger partial charge is 0.143 e. The number of nitrogens with zero attached hydrogens (tertiary/aromatic N) is 1. The van der Waals surface area contributed by atoms with Crippen LogP contribution in [0.25, 0.3) is 0 Å². The number of ether oxygens (including phenoxy) is 1. The highest BCUT2D eigenvalue weighted by Gasteiger charge is 2.51. The maximum Gasteiger partial charge on any atom is 0.143 e. The van der Waals surface area contributed by atoms with Crippen LogP contribution in [0.4, 0.5) is 0 Å². The van der Waals surface area contributed by atoms with Gasteiger partial charge in [-0.3, -0.25) is 4.98 Å². The number of hydrogen-bond donors (Lipinski definition) is 2. The average Bonchev–Trinajstić information content (AvgIpc) is 2.72. The van der Waals surface area contributed by atoms with Gasteiger partial charge in [0.1, 0.15) is 23.1 Å². The standard InChI is InChI=1S/C15H23N3O2S/c1-14(2,3)21(19)18-13-12-11(5-4-8-17-12)20-15(13)6-9-16-10-7-15/h4-5,8,13,16,18H,6-7,9-10H2,1-3H3/t13-,21-/m1/s1. The molecular weight excluding hydrogens is 286 g/mol. The Morgan fingerprint density at radius 1 is 1.43 bits per heavy atom. The summed E-state index contributed by atoms with van der Waals surface area (Å²) >= 11 is 0. The second-order valence-electron chi connectivity index (χ2n) is 6.74. The lowest BCUT2D eigenvalue weighted by atomic mass is 9.85. The first kappa shape index (κ1) is 14.9. The van der Waals surface area contributed by atoms with Gasteiger partial charge >= 0.3 is 0 Å². The fourth-order valence-electron chi connectivity index (χ4n) is 2.92. The molecule has 1 aromatic rings. The molecule has 2 atom stereocenters. The summed E-state index contributed by atoms with van der Waals surface area (Å²) in [6, 6.07) is 3.72. The summed E-state index contributed by atoms with van der Waals surface area (Å²) in [5.41, 5.74) is 0.556. The molecule has 2 N–H and O–H groups in total. The molecule has 5 nitrogen and oxygen atoms in total. The molecule has 0 aliphatic carbocycles. The van der Waals surface area contributed by atoms with Crippen molar-refractivity contribution in [2.45, 2.75) is 50.0 Å². The first-order valence-electron chi connectivity index (χ1n) is 7.45. The number of nitrogens with one attached hydrogen (secondary N) is 2. The number of fused-ring (bicyclic) bond motifs is 1. The number of pyridine rings is 1. The molecule has 1 spiro atoms. The van der Waals surface area contributed by atoms with E-state index in [2.05, 4.69) is 15.0 Å². The molecule has 3 rings (SSSR count). The van der Waals surface area contributed by atoms with Crippen molar-refractivity contribution in [3.05, 3.63) is 24.0 Å². The van der Waals surface area contributed by atoms with Gasteiger partial charge in [0.15, 0.2) is 0 Å². The van der Waals surface area contributed by atoms with Gasteiger partial charge in [0, 0.05) is 19.0 Å². The minimum atomic E-state index is -1.15. The fourth-order valence-corrected chi connectivity index (χ4v) is 3.81. The Morgan fingerprint density at radius 2 is 2.14 bits per heavy atom. The molecule has 116 valence electrons. The molecule has 21 heavy (non-hydrogen) atoms. The van der Waals surface area contributed by atoms with Crippen molar-refractivity contribution in [2.75, 3.05) is 13.1 Å².